The lowest BCUT2D eigenvalue weighted by molar-refractivity contribution is 0.0534. The molecule has 7 heteroatoms. The molecule has 1 saturated heterocycles. The van der Waals surface area contributed by atoms with Crippen LogP contribution in [0.15, 0.2) is 23.1 Å². The van der Waals surface area contributed by atoms with E-state index in [1.54, 1.807) is 18.2 Å². The molecule has 0 amide bonds. The second-order valence-electron chi connectivity index (χ2n) is 6.59. The summed E-state index contributed by atoms with van der Waals surface area (Å²) in [5.74, 6) is 1.30. The zero-order valence-corrected chi connectivity index (χ0v) is 13.7. The lowest BCUT2D eigenvalue weighted by atomic mass is 9.90. The van der Waals surface area contributed by atoms with E-state index in [0.29, 0.717) is 37.8 Å². The van der Waals surface area contributed by atoms with Crippen LogP contribution >= 0.6 is 0 Å². The summed E-state index contributed by atoms with van der Waals surface area (Å²) in [6, 6.07) is 4.77. The summed E-state index contributed by atoms with van der Waals surface area (Å²) in [5.41, 5.74) is -0.521. The van der Waals surface area contributed by atoms with E-state index >= 15 is 0 Å². The van der Waals surface area contributed by atoms with Gasteiger partial charge in [-0.2, -0.15) is 4.31 Å². The maximum Gasteiger partial charge on any atom is 0.243 e. The molecule has 1 saturated carbocycles. The number of ether oxygens (including phenoxy) is 2. The summed E-state index contributed by atoms with van der Waals surface area (Å²) in [6.07, 6.45) is 3.15. The average Bonchev–Trinajstić information content (AvgIpc) is 3.33. The van der Waals surface area contributed by atoms with Crippen molar-refractivity contribution in [3.63, 3.8) is 0 Å². The third-order valence-electron chi connectivity index (χ3n) is 5.13. The van der Waals surface area contributed by atoms with Gasteiger partial charge in [0.25, 0.3) is 0 Å². The second-order valence-corrected chi connectivity index (χ2v) is 8.53. The fourth-order valence-corrected chi connectivity index (χ4v) is 4.99. The van der Waals surface area contributed by atoms with Gasteiger partial charge in [0.1, 0.15) is 13.2 Å². The SMILES string of the molecule is O=S(=O)(c1ccc2c(c1)OCCO2)N1CCC(C2(O)CC2)CC1. The topological polar surface area (TPSA) is 76.1 Å². The molecule has 0 spiro atoms. The maximum atomic E-state index is 12.8. The van der Waals surface area contributed by atoms with Gasteiger partial charge in [-0.05, 0) is 43.7 Å². The van der Waals surface area contributed by atoms with Crippen molar-refractivity contribution in [2.45, 2.75) is 36.2 Å². The summed E-state index contributed by atoms with van der Waals surface area (Å²) < 4.78 is 38.0. The zero-order chi connectivity index (χ0) is 16.1. The minimum absolute atomic E-state index is 0.231. The minimum atomic E-state index is -3.53. The Morgan fingerprint density at radius 1 is 1.09 bits per heavy atom. The van der Waals surface area contributed by atoms with Crippen molar-refractivity contribution in [1.82, 2.24) is 4.31 Å². The fourth-order valence-electron chi connectivity index (χ4n) is 3.50. The van der Waals surface area contributed by atoms with Gasteiger partial charge in [-0.15, -0.1) is 0 Å². The predicted octanol–water partition coefficient (Wildman–Crippen LogP) is 1.38. The van der Waals surface area contributed by atoms with E-state index in [1.807, 2.05) is 0 Å². The van der Waals surface area contributed by atoms with Gasteiger partial charge < -0.3 is 14.6 Å². The molecule has 23 heavy (non-hydrogen) atoms. The standard InChI is InChI=1S/C16H21NO5S/c18-16(5-6-16)12-3-7-17(8-4-12)23(19,20)13-1-2-14-15(11-13)22-10-9-21-14/h1-2,11-12,18H,3-10H2. The molecule has 1 aliphatic carbocycles. The van der Waals surface area contributed by atoms with Crippen LogP contribution in [0.3, 0.4) is 0 Å². The average molecular weight is 339 g/mol. The van der Waals surface area contributed by atoms with E-state index < -0.39 is 15.6 Å². The van der Waals surface area contributed by atoms with E-state index in [1.165, 1.54) is 4.31 Å². The summed E-state index contributed by atoms with van der Waals surface area (Å²) in [7, 11) is -3.53. The second kappa shape index (κ2) is 5.36. The van der Waals surface area contributed by atoms with Crippen molar-refractivity contribution < 1.29 is 23.0 Å². The molecule has 2 fully saturated rings. The van der Waals surface area contributed by atoms with Crippen LogP contribution in [0.1, 0.15) is 25.7 Å². The summed E-state index contributed by atoms with van der Waals surface area (Å²) in [5, 5.41) is 10.2. The molecule has 126 valence electrons. The molecule has 6 nitrogen and oxygen atoms in total. The first-order valence-electron chi connectivity index (χ1n) is 8.11. The van der Waals surface area contributed by atoms with Crippen LogP contribution in [0.2, 0.25) is 0 Å². The van der Waals surface area contributed by atoms with Crippen LogP contribution in [-0.2, 0) is 10.0 Å². The van der Waals surface area contributed by atoms with Crippen molar-refractivity contribution in [2.24, 2.45) is 5.92 Å². The molecule has 0 bridgehead atoms. The summed E-state index contributed by atoms with van der Waals surface area (Å²) in [6.45, 7) is 1.84. The van der Waals surface area contributed by atoms with Gasteiger partial charge in [0.2, 0.25) is 10.0 Å². The van der Waals surface area contributed by atoms with Gasteiger partial charge in [0.15, 0.2) is 11.5 Å². The van der Waals surface area contributed by atoms with E-state index in [-0.39, 0.29) is 10.8 Å². The number of benzene rings is 1. The molecule has 1 aromatic rings. The van der Waals surface area contributed by atoms with Crippen LogP contribution in [0, 0.1) is 5.92 Å². The van der Waals surface area contributed by atoms with Crippen molar-refractivity contribution in [3.8, 4) is 11.5 Å². The Hall–Kier alpha value is -1.31. The Labute approximate surface area is 136 Å². The first-order valence-corrected chi connectivity index (χ1v) is 9.55. The molecule has 4 rings (SSSR count). The van der Waals surface area contributed by atoms with Crippen LogP contribution in [0.25, 0.3) is 0 Å². The van der Waals surface area contributed by atoms with Crippen LogP contribution in [0.4, 0.5) is 0 Å². The molecular weight excluding hydrogens is 318 g/mol. The highest BCUT2D eigenvalue weighted by molar-refractivity contribution is 7.89. The number of hydrogen-bond acceptors (Lipinski definition) is 5. The Morgan fingerprint density at radius 3 is 2.39 bits per heavy atom. The Bertz CT molecular complexity index is 705. The van der Waals surface area contributed by atoms with Crippen molar-refractivity contribution in [3.05, 3.63) is 18.2 Å². The number of rotatable bonds is 3. The Balaban J connectivity index is 1.52. The van der Waals surface area contributed by atoms with Crippen LogP contribution in [0.5, 0.6) is 11.5 Å². The minimum Gasteiger partial charge on any atom is -0.486 e. The molecule has 1 N–H and O–H groups in total. The largest absolute Gasteiger partial charge is 0.486 e. The van der Waals surface area contributed by atoms with Gasteiger partial charge in [-0.25, -0.2) is 8.42 Å². The van der Waals surface area contributed by atoms with Gasteiger partial charge in [-0.1, -0.05) is 0 Å². The Kier molecular flexibility index (Phi) is 3.55. The van der Waals surface area contributed by atoms with E-state index in [4.69, 9.17) is 9.47 Å². The lowest BCUT2D eigenvalue weighted by Crippen LogP contribution is -2.41. The molecule has 1 aromatic carbocycles. The van der Waals surface area contributed by atoms with Crippen LogP contribution in [-0.4, -0.2) is 49.7 Å². The van der Waals surface area contributed by atoms with Crippen LogP contribution < -0.4 is 9.47 Å². The first-order chi connectivity index (χ1) is 11.0. The highest BCUT2D eigenvalue weighted by Crippen LogP contribution is 2.46. The molecule has 0 aromatic heterocycles. The molecule has 2 aliphatic heterocycles. The number of fused-ring (bicyclic) bond motifs is 1. The normalized spacial score (nSPS) is 24.4. The number of aliphatic hydroxyl groups is 1. The zero-order valence-electron chi connectivity index (χ0n) is 12.9. The van der Waals surface area contributed by atoms with Gasteiger partial charge in [0, 0.05) is 19.2 Å². The highest BCUT2D eigenvalue weighted by atomic mass is 32.2. The fraction of sp³-hybridized carbons (Fsp3) is 0.625. The number of nitrogens with zero attached hydrogens (tertiary/aromatic N) is 1. The third kappa shape index (κ3) is 2.70. The summed E-state index contributed by atoms with van der Waals surface area (Å²) >= 11 is 0. The van der Waals surface area contributed by atoms with E-state index in [0.717, 1.165) is 25.7 Å². The quantitative estimate of drug-likeness (QED) is 0.900. The van der Waals surface area contributed by atoms with Crippen molar-refractivity contribution in [2.75, 3.05) is 26.3 Å². The molecule has 0 atom stereocenters. The monoisotopic (exact) mass is 339 g/mol. The number of piperidine rings is 1. The van der Waals surface area contributed by atoms with Crippen molar-refractivity contribution >= 4 is 10.0 Å². The Morgan fingerprint density at radius 2 is 1.74 bits per heavy atom. The summed E-state index contributed by atoms with van der Waals surface area (Å²) in [4.78, 5) is 0.241. The molecule has 3 aliphatic rings. The first kappa shape index (κ1) is 15.2. The van der Waals surface area contributed by atoms with Crippen molar-refractivity contribution in [1.29, 1.82) is 0 Å². The smallest absolute Gasteiger partial charge is 0.243 e. The van der Waals surface area contributed by atoms with E-state index in [9.17, 15) is 13.5 Å². The third-order valence-corrected chi connectivity index (χ3v) is 7.02. The highest BCUT2D eigenvalue weighted by Gasteiger charge is 2.48. The molecule has 0 unspecified atom stereocenters. The van der Waals surface area contributed by atoms with Gasteiger partial charge >= 0.3 is 0 Å². The van der Waals surface area contributed by atoms with Gasteiger partial charge in [-0.3, -0.25) is 0 Å². The number of hydrogen-bond donors (Lipinski definition) is 1. The number of sulfonamides is 1. The molecule has 0 radical (unpaired) electrons. The predicted molar refractivity (Wildman–Crippen MR) is 83.1 cm³/mol. The lowest BCUT2D eigenvalue weighted by Gasteiger charge is -2.33. The maximum absolute atomic E-state index is 12.8. The molecular formula is C16H21NO5S. The van der Waals surface area contributed by atoms with E-state index in [2.05, 4.69) is 0 Å². The molecule has 2 heterocycles. The van der Waals surface area contributed by atoms with Gasteiger partial charge in [0.05, 0.1) is 10.5 Å².